The molecule has 1 aliphatic heterocycles. The van der Waals surface area contributed by atoms with Gasteiger partial charge in [0.2, 0.25) is 0 Å². The van der Waals surface area contributed by atoms with E-state index in [2.05, 4.69) is 0 Å². The van der Waals surface area contributed by atoms with Crippen LogP contribution < -0.4 is 18.9 Å². The highest BCUT2D eigenvalue weighted by atomic mass is 35.5. The van der Waals surface area contributed by atoms with Gasteiger partial charge in [0.05, 0.1) is 37.4 Å². The molecule has 1 fully saturated rings. The van der Waals surface area contributed by atoms with Crippen molar-refractivity contribution in [3.05, 3.63) is 51.9 Å². The van der Waals surface area contributed by atoms with Crippen molar-refractivity contribution in [3.63, 3.8) is 0 Å². The van der Waals surface area contributed by atoms with Crippen LogP contribution in [0, 0.1) is 0 Å². The summed E-state index contributed by atoms with van der Waals surface area (Å²) in [4.78, 5) is 14.2. The smallest absolute Gasteiger partial charge is 0.265 e. The molecule has 0 unspecified atom stereocenters. The van der Waals surface area contributed by atoms with Gasteiger partial charge in [-0.2, -0.15) is 0 Å². The van der Waals surface area contributed by atoms with Crippen molar-refractivity contribution in [2.45, 2.75) is 6.42 Å². The highest BCUT2D eigenvalue weighted by Crippen LogP contribution is 2.38. The number of thioether (sulfide) groups is 1. The molecule has 0 atom stereocenters. The van der Waals surface area contributed by atoms with Crippen molar-refractivity contribution in [2.75, 3.05) is 34.5 Å². The van der Waals surface area contributed by atoms with E-state index in [-0.39, 0.29) is 5.91 Å². The Bertz CT molecular complexity index is 994. The summed E-state index contributed by atoms with van der Waals surface area (Å²) < 4.78 is 22.6. The molecule has 0 bridgehead atoms. The normalized spacial score (nSPS) is 14.8. The second-order valence-electron chi connectivity index (χ2n) is 6.50. The average molecular weight is 480 g/mol. The van der Waals surface area contributed by atoms with Crippen LogP contribution in [0.15, 0.2) is 41.3 Å². The molecular formula is C22H22ClNO5S2. The third-order valence-electron chi connectivity index (χ3n) is 4.40. The molecule has 9 heteroatoms. The molecule has 0 saturated carbocycles. The van der Waals surface area contributed by atoms with Crippen molar-refractivity contribution in [3.8, 4) is 23.0 Å². The highest BCUT2D eigenvalue weighted by molar-refractivity contribution is 8.26. The van der Waals surface area contributed by atoms with E-state index in [4.69, 9.17) is 42.8 Å². The van der Waals surface area contributed by atoms with E-state index in [9.17, 15) is 4.79 Å². The summed E-state index contributed by atoms with van der Waals surface area (Å²) in [5.41, 5.74) is 0.728. The van der Waals surface area contributed by atoms with Gasteiger partial charge in [-0.15, -0.1) is 0 Å². The molecule has 6 nitrogen and oxygen atoms in total. The predicted molar refractivity (Wildman–Crippen MR) is 128 cm³/mol. The number of benzene rings is 2. The molecule has 0 N–H and O–H groups in total. The summed E-state index contributed by atoms with van der Waals surface area (Å²) in [7, 11) is 4.82. The van der Waals surface area contributed by atoms with Gasteiger partial charge in [0, 0.05) is 13.5 Å². The lowest BCUT2D eigenvalue weighted by Gasteiger charge is -2.14. The monoisotopic (exact) mass is 479 g/mol. The van der Waals surface area contributed by atoms with E-state index >= 15 is 0 Å². The van der Waals surface area contributed by atoms with Crippen LogP contribution in [0.3, 0.4) is 0 Å². The second kappa shape index (κ2) is 10.7. The third kappa shape index (κ3) is 5.84. The zero-order valence-corrected chi connectivity index (χ0v) is 19.7. The average Bonchev–Trinajstić information content (AvgIpc) is 3.01. The van der Waals surface area contributed by atoms with Crippen molar-refractivity contribution < 1.29 is 23.7 Å². The van der Waals surface area contributed by atoms with E-state index in [0.29, 0.717) is 45.4 Å². The summed E-state index contributed by atoms with van der Waals surface area (Å²) in [6, 6.07) is 10.9. The number of methoxy groups -OCH3 is 2. The SMILES string of the molecule is COc1ccc(OCCCOc2c(Cl)cc(/C=C3/SC(=S)N(C)C3=O)cc2OC)cc1. The molecule has 3 rings (SSSR count). The van der Waals surface area contributed by atoms with Gasteiger partial charge >= 0.3 is 0 Å². The fourth-order valence-corrected chi connectivity index (χ4v) is 4.21. The molecule has 1 saturated heterocycles. The Labute approximate surface area is 196 Å². The first-order valence-electron chi connectivity index (χ1n) is 9.41. The molecule has 164 valence electrons. The molecule has 1 aliphatic rings. The Balaban J connectivity index is 1.58. The molecule has 2 aromatic rings. The number of hydrogen-bond acceptors (Lipinski definition) is 7. The van der Waals surface area contributed by atoms with E-state index < -0.39 is 0 Å². The summed E-state index contributed by atoms with van der Waals surface area (Å²) in [5, 5.41) is 0.397. The Hall–Kier alpha value is -2.42. The Kier molecular flexibility index (Phi) is 8.06. The van der Waals surface area contributed by atoms with Gasteiger partial charge < -0.3 is 18.9 Å². The van der Waals surface area contributed by atoms with Crippen LogP contribution in [0.2, 0.25) is 5.02 Å². The first kappa shape index (κ1) is 23.2. The molecule has 0 radical (unpaired) electrons. The lowest BCUT2D eigenvalue weighted by molar-refractivity contribution is -0.121. The number of carbonyl (C=O) groups is 1. The number of rotatable bonds is 9. The molecule has 2 aromatic carbocycles. The van der Waals surface area contributed by atoms with Gasteiger partial charge in [0.1, 0.15) is 15.8 Å². The zero-order valence-electron chi connectivity index (χ0n) is 17.3. The maximum Gasteiger partial charge on any atom is 0.265 e. The number of hydrogen-bond donors (Lipinski definition) is 0. The molecular weight excluding hydrogens is 458 g/mol. The van der Waals surface area contributed by atoms with Crippen LogP contribution >= 0.6 is 35.6 Å². The molecule has 1 amide bonds. The van der Waals surface area contributed by atoms with Crippen LogP contribution in [0.25, 0.3) is 6.08 Å². The second-order valence-corrected chi connectivity index (χ2v) is 8.58. The minimum atomic E-state index is -0.137. The van der Waals surface area contributed by atoms with Gasteiger partial charge in [-0.3, -0.25) is 9.69 Å². The van der Waals surface area contributed by atoms with Gasteiger partial charge in [0.15, 0.2) is 11.5 Å². The summed E-state index contributed by atoms with van der Waals surface area (Å²) in [5.74, 6) is 2.35. The third-order valence-corrected chi connectivity index (χ3v) is 6.16. The van der Waals surface area contributed by atoms with Crippen molar-refractivity contribution in [1.82, 2.24) is 4.90 Å². The van der Waals surface area contributed by atoms with Gasteiger partial charge in [-0.05, 0) is 48.0 Å². The Morgan fingerprint density at radius 1 is 1.06 bits per heavy atom. The number of halogens is 1. The first-order chi connectivity index (χ1) is 14.9. The zero-order chi connectivity index (χ0) is 22.4. The number of thiocarbonyl (C=S) groups is 1. The number of carbonyl (C=O) groups excluding carboxylic acids is 1. The standard InChI is InChI=1S/C22H22ClNO5S2/c1-24-21(25)19(31-22(24)30)13-14-11-17(23)20(18(12-14)27-3)29-10-4-9-28-16-7-5-15(26-2)6-8-16/h5-8,11-13H,4,9-10H2,1-3H3/b19-13+. The molecule has 0 aromatic heterocycles. The first-order valence-corrected chi connectivity index (χ1v) is 11.0. The minimum Gasteiger partial charge on any atom is -0.497 e. The molecule has 31 heavy (non-hydrogen) atoms. The number of nitrogens with zero attached hydrogens (tertiary/aromatic N) is 1. The lowest BCUT2D eigenvalue weighted by atomic mass is 10.2. The lowest BCUT2D eigenvalue weighted by Crippen LogP contribution is -2.22. The van der Waals surface area contributed by atoms with Gasteiger partial charge in [-0.25, -0.2) is 0 Å². The number of ether oxygens (including phenoxy) is 4. The van der Waals surface area contributed by atoms with E-state index in [1.807, 2.05) is 24.3 Å². The van der Waals surface area contributed by atoms with Crippen LogP contribution in [-0.4, -0.2) is 49.6 Å². The van der Waals surface area contributed by atoms with Crippen LogP contribution in [0.5, 0.6) is 23.0 Å². The minimum absolute atomic E-state index is 0.137. The van der Waals surface area contributed by atoms with Crippen LogP contribution in [-0.2, 0) is 4.79 Å². The number of amides is 1. The summed E-state index contributed by atoms with van der Waals surface area (Å²) in [6.45, 7) is 0.892. The van der Waals surface area contributed by atoms with Crippen molar-refractivity contribution in [2.24, 2.45) is 0 Å². The topological polar surface area (TPSA) is 57.2 Å². The fourth-order valence-electron chi connectivity index (χ4n) is 2.76. The quantitative estimate of drug-likeness (QED) is 0.284. The maximum atomic E-state index is 12.2. The predicted octanol–water partition coefficient (Wildman–Crippen LogP) is 5.04. The summed E-state index contributed by atoms with van der Waals surface area (Å²) >= 11 is 12.8. The van der Waals surface area contributed by atoms with E-state index in [1.165, 1.54) is 16.7 Å². The molecule has 1 heterocycles. The highest BCUT2D eigenvalue weighted by Gasteiger charge is 2.28. The maximum absolute atomic E-state index is 12.2. The van der Waals surface area contributed by atoms with Crippen molar-refractivity contribution in [1.29, 1.82) is 0 Å². The fraction of sp³-hybridized carbons (Fsp3) is 0.273. The Morgan fingerprint density at radius 3 is 2.35 bits per heavy atom. The van der Waals surface area contributed by atoms with E-state index in [1.54, 1.807) is 39.5 Å². The Morgan fingerprint density at radius 2 is 1.74 bits per heavy atom. The molecule has 0 aliphatic carbocycles. The van der Waals surface area contributed by atoms with Crippen LogP contribution in [0.1, 0.15) is 12.0 Å². The number of likely N-dealkylation sites (N-methyl/N-ethyl adjacent to an activating group) is 1. The largest absolute Gasteiger partial charge is 0.497 e. The van der Waals surface area contributed by atoms with Crippen molar-refractivity contribution >= 4 is 51.9 Å². The van der Waals surface area contributed by atoms with E-state index in [0.717, 1.165) is 17.1 Å². The van der Waals surface area contributed by atoms with Gasteiger partial charge in [-0.1, -0.05) is 35.6 Å². The van der Waals surface area contributed by atoms with Gasteiger partial charge in [0.25, 0.3) is 5.91 Å². The molecule has 0 spiro atoms. The summed E-state index contributed by atoms with van der Waals surface area (Å²) in [6.07, 6.45) is 2.40. The van der Waals surface area contributed by atoms with Crippen LogP contribution in [0.4, 0.5) is 0 Å².